The van der Waals surface area contributed by atoms with Crippen LogP contribution < -0.4 is 15.8 Å². The number of ether oxygens (including phenoxy) is 1. The standard InChI is InChI=1S/C14H21N5O/c1-10(2)9-20-14-11(15)3-4-13(19-14)16-6-5-12-17-7-8-18-12/h3-4,7-8,10H,5-6,9,15H2,1-2H3,(H,16,19)(H,17,18). The molecule has 6 nitrogen and oxygen atoms in total. The average Bonchev–Trinajstić information content (AvgIpc) is 2.92. The van der Waals surface area contributed by atoms with Gasteiger partial charge in [-0.25, -0.2) is 4.98 Å². The van der Waals surface area contributed by atoms with Gasteiger partial charge in [0, 0.05) is 25.4 Å². The molecular formula is C14H21N5O. The van der Waals surface area contributed by atoms with E-state index < -0.39 is 0 Å². The minimum atomic E-state index is 0.437. The fourth-order valence-corrected chi connectivity index (χ4v) is 1.65. The van der Waals surface area contributed by atoms with Crippen molar-refractivity contribution in [3.8, 4) is 5.88 Å². The number of nitrogen functional groups attached to an aromatic ring is 1. The summed E-state index contributed by atoms with van der Waals surface area (Å²) in [6, 6.07) is 3.65. The fraction of sp³-hybridized carbons (Fsp3) is 0.429. The molecule has 0 saturated heterocycles. The molecule has 0 spiro atoms. The maximum atomic E-state index is 5.85. The van der Waals surface area contributed by atoms with Crippen molar-refractivity contribution in [2.75, 3.05) is 24.2 Å². The number of nitrogens with one attached hydrogen (secondary N) is 2. The van der Waals surface area contributed by atoms with Gasteiger partial charge in [0.1, 0.15) is 11.6 Å². The molecule has 4 N–H and O–H groups in total. The molecule has 2 aromatic rings. The van der Waals surface area contributed by atoms with Crippen molar-refractivity contribution in [1.82, 2.24) is 15.0 Å². The van der Waals surface area contributed by atoms with Crippen LogP contribution in [0.25, 0.3) is 0 Å². The number of nitrogens with two attached hydrogens (primary N) is 1. The van der Waals surface area contributed by atoms with Crippen molar-refractivity contribution in [3.05, 3.63) is 30.4 Å². The van der Waals surface area contributed by atoms with Gasteiger partial charge >= 0.3 is 0 Å². The highest BCUT2D eigenvalue weighted by Gasteiger charge is 2.05. The second kappa shape index (κ2) is 6.79. The van der Waals surface area contributed by atoms with Gasteiger partial charge in [0.25, 0.3) is 0 Å². The van der Waals surface area contributed by atoms with Crippen LogP contribution in [0.2, 0.25) is 0 Å². The number of hydrogen-bond acceptors (Lipinski definition) is 5. The molecule has 0 aliphatic carbocycles. The summed E-state index contributed by atoms with van der Waals surface area (Å²) in [4.78, 5) is 11.6. The lowest BCUT2D eigenvalue weighted by atomic mass is 10.2. The van der Waals surface area contributed by atoms with Crippen LogP contribution in [0.15, 0.2) is 24.5 Å². The molecule has 0 unspecified atom stereocenters. The summed E-state index contributed by atoms with van der Waals surface area (Å²) in [5.41, 5.74) is 6.41. The zero-order valence-corrected chi connectivity index (χ0v) is 11.9. The number of hydrogen-bond donors (Lipinski definition) is 3. The van der Waals surface area contributed by atoms with Gasteiger partial charge in [-0.15, -0.1) is 0 Å². The van der Waals surface area contributed by atoms with E-state index in [1.54, 1.807) is 12.3 Å². The van der Waals surface area contributed by atoms with Crippen molar-refractivity contribution >= 4 is 11.5 Å². The molecule has 0 amide bonds. The Bertz CT molecular complexity index is 524. The van der Waals surface area contributed by atoms with E-state index in [1.165, 1.54) is 0 Å². The monoisotopic (exact) mass is 275 g/mol. The summed E-state index contributed by atoms with van der Waals surface area (Å²) >= 11 is 0. The number of rotatable bonds is 7. The van der Waals surface area contributed by atoms with E-state index in [2.05, 4.69) is 34.1 Å². The highest BCUT2D eigenvalue weighted by molar-refractivity contribution is 5.53. The number of aromatic amines is 1. The Morgan fingerprint density at radius 3 is 2.95 bits per heavy atom. The van der Waals surface area contributed by atoms with E-state index >= 15 is 0 Å². The van der Waals surface area contributed by atoms with Gasteiger partial charge in [0.15, 0.2) is 0 Å². The SMILES string of the molecule is CC(C)COc1nc(NCCc2ncc[nH]2)ccc1N. The van der Waals surface area contributed by atoms with Crippen LogP contribution in [0.5, 0.6) is 5.88 Å². The van der Waals surface area contributed by atoms with Crippen LogP contribution >= 0.6 is 0 Å². The van der Waals surface area contributed by atoms with E-state index in [0.29, 0.717) is 24.1 Å². The summed E-state index contributed by atoms with van der Waals surface area (Å²) in [5.74, 6) is 2.63. The first-order valence-electron chi connectivity index (χ1n) is 6.76. The zero-order valence-electron chi connectivity index (χ0n) is 11.9. The smallest absolute Gasteiger partial charge is 0.239 e. The van der Waals surface area contributed by atoms with E-state index in [9.17, 15) is 0 Å². The second-order valence-corrected chi connectivity index (χ2v) is 5.01. The predicted molar refractivity (Wildman–Crippen MR) is 79.8 cm³/mol. The molecule has 2 rings (SSSR count). The maximum Gasteiger partial charge on any atom is 0.239 e. The minimum absolute atomic E-state index is 0.437. The van der Waals surface area contributed by atoms with Crippen LogP contribution in [-0.4, -0.2) is 28.1 Å². The van der Waals surface area contributed by atoms with Gasteiger partial charge in [-0.1, -0.05) is 13.8 Å². The Kier molecular flexibility index (Phi) is 4.81. The van der Waals surface area contributed by atoms with Gasteiger partial charge in [-0.2, -0.15) is 4.98 Å². The van der Waals surface area contributed by atoms with E-state index in [0.717, 1.165) is 24.6 Å². The van der Waals surface area contributed by atoms with Crippen molar-refractivity contribution < 1.29 is 4.74 Å². The molecule has 0 atom stereocenters. The number of nitrogens with zero attached hydrogens (tertiary/aromatic N) is 2. The lowest BCUT2D eigenvalue weighted by Crippen LogP contribution is -2.10. The van der Waals surface area contributed by atoms with E-state index in [-0.39, 0.29) is 0 Å². The molecule has 108 valence electrons. The first-order valence-corrected chi connectivity index (χ1v) is 6.76. The molecule has 0 bridgehead atoms. The molecule has 0 aliphatic rings. The van der Waals surface area contributed by atoms with Crippen molar-refractivity contribution in [2.24, 2.45) is 5.92 Å². The highest BCUT2D eigenvalue weighted by atomic mass is 16.5. The quantitative estimate of drug-likeness (QED) is 0.720. The molecule has 0 radical (unpaired) electrons. The molecule has 6 heteroatoms. The zero-order chi connectivity index (χ0) is 14.4. The Hall–Kier alpha value is -2.24. The van der Waals surface area contributed by atoms with Crippen LogP contribution in [0.3, 0.4) is 0 Å². The number of imidazole rings is 1. The van der Waals surface area contributed by atoms with Gasteiger partial charge in [0.05, 0.1) is 12.3 Å². The Labute approximate surface area is 118 Å². The Morgan fingerprint density at radius 2 is 2.25 bits per heavy atom. The third kappa shape index (κ3) is 4.15. The molecule has 0 aromatic carbocycles. The number of pyridine rings is 1. The predicted octanol–water partition coefficient (Wildman–Crippen LogP) is 2.08. The van der Waals surface area contributed by atoms with Crippen LogP contribution in [0.1, 0.15) is 19.7 Å². The summed E-state index contributed by atoms with van der Waals surface area (Å²) in [7, 11) is 0. The summed E-state index contributed by atoms with van der Waals surface area (Å²) in [6.07, 6.45) is 4.37. The summed E-state index contributed by atoms with van der Waals surface area (Å²) in [6.45, 7) is 5.52. The topological polar surface area (TPSA) is 88.8 Å². The molecule has 0 fully saturated rings. The molecule has 20 heavy (non-hydrogen) atoms. The Morgan fingerprint density at radius 1 is 1.40 bits per heavy atom. The molecule has 0 aliphatic heterocycles. The largest absolute Gasteiger partial charge is 0.476 e. The lowest BCUT2D eigenvalue weighted by molar-refractivity contribution is 0.263. The van der Waals surface area contributed by atoms with Gasteiger partial charge < -0.3 is 20.8 Å². The van der Waals surface area contributed by atoms with Crippen molar-refractivity contribution in [2.45, 2.75) is 20.3 Å². The third-order valence-corrected chi connectivity index (χ3v) is 2.67. The third-order valence-electron chi connectivity index (χ3n) is 2.67. The van der Waals surface area contributed by atoms with Crippen LogP contribution in [0.4, 0.5) is 11.5 Å². The fourth-order valence-electron chi connectivity index (χ4n) is 1.65. The van der Waals surface area contributed by atoms with Crippen molar-refractivity contribution in [3.63, 3.8) is 0 Å². The molecular weight excluding hydrogens is 254 g/mol. The molecule has 0 saturated carbocycles. The van der Waals surface area contributed by atoms with E-state index in [4.69, 9.17) is 10.5 Å². The average molecular weight is 275 g/mol. The van der Waals surface area contributed by atoms with Crippen LogP contribution in [0, 0.1) is 5.92 Å². The number of anilines is 2. The number of H-pyrrole nitrogens is 1. The van der Waals surface area contributed by atoms with E-state index in [1.807, 2.05) is 12.3 Å². The lowest BCUT2D eigenvalue weighted by Gasteiger charge is -2.12. The molecule has 2 heterocycles. The van der Waals surface area contributed by atoms with Crippen molar-refractivity contribution in [1.29, 1.82) is 0 Å². The first kappa shape index (κ1) is 14.2. The van der Waals surface area contributed by atoms with Gasteiger partial charge in [-0.05, 0) is 18.1 Å². The van der Waals surface area contributed by atoms with Gasteiger partial charge in [-0.3, -0.25) is 0 Å². The summed E-state index contributed by atoms with van der Waals surface area (Å²) < 4.78 is 5.60. The number of aromatic nitrogens is 3. The Balaban J connectivity index is 1.89. The highest BCUT2D eigenvalue weighted by Crippen LogP contribution is 2.21. The van der Waals surface area contributed by atoms with Crippen LogP contribution in [-0.2, 0) is 6.42 Å². The maximum absolute atomic E-state index is 5.85. The minimum Gasteiger partial charge on any atom is -0.476 e. The van der Waals surface area contributed by atoms with Gasteiger partial charge in [0.2, 0.25) is 5.88 Å². The normalized spacial score (nSPS) is 10.8. The first-order chi connectivity index (χ1) is 9.65. The summed E-state index contributed by atoms with van der Waals surface area (Å²) in [5, 5.41) is 3.23. The second-order valence-electron chi connectivity index (χ2n) is 5.01. The molecule has 2 aromatic heterocycles.